The van der Waals surface area contributed by atoms with Crippen molar-refractivity contribution >= 4 is 17.7 Å². The minimum Gasteiger partial charge on any atom is -0.468 e. The molecule has 0 bridgehead atoms. The zero-order chi connectivity index (χ0) is 28.0. The third kappa shape index (κ3) is 3.34. The number of ether oxygens (including phenoxy) is 6. The van der Waals surface area contributed by atoms with Gasteiger partial charge in [-0.1, -0.05) is 13.8 Å². The zero-order valence-electron chi connectivity index (χ0n) is 22.8. The van der Waals surface area contributed by atoms with Crippen molar-refractivity contribution in [1.82, 2.24) is 0 Å². The van der Waals surface area contributed by atoms with E-state index in [-0.39, 0.29) is 56.6 Å². The fourth-order valence-electron chi connectivity index (χ4n) is 9.89. The molecule has 5 fully saturated rings. The highest BCUT2D eigenvalue weighted by molar-refractivity contribution is 5.95. The van der Waals surface area contributed by atoms with Crippen molar-refractivity contribution in [3.8, 4) is 0 Å². The van der Waals surface area contributed by atoms with Gasteiger partial charge in [0.15, 0.2) is 25.3 Å². The number of carbonyl (C=O) groups is 3. The summed E-state index contributed by atoms with van der Waals surface area (Å²) in [5.74, 6) is -6.15. The predicted octanol–water partition coefficient (Wildman–Crippen LogP) is 2.07. The van der Waals surface area contributed by atoms with Crippen LogP contribution >= 0.6 is 0 Å². The van der Waals surface area contributed by atoms with Gasteiger partial charge in [-0.25, -0.2) is 4.39 Å². The number of fused-ring (bicyclic) bond motifs is 7. The number of carbonyl (C=O) groups excluding carboxylic acids is 3. The number of rotatable bonds is 3. The minimum atomic E-state index is -1.44. The average Bonchev–Trinajstić information content (AvgIpc) is 3.59. The molecule has 39 heavy (non-hydrogen) atoms. The Morgan fingerprint density at radius 2 is 1.79 bits per heavy atom. The molecule has 6 aliphatic rings. The van der Waals surface area contributed by atoms with Crippen molar-refractivity contribution in [3.63, 3.8) is 0 Å². The van der Waals surface area contributed by atoms with Crippen LogP contribution in [0.4, 0.5) is 4.39 Å². The number of esters is 2. The Balaban J connectivity index is 1.52. The lowest BCUT2D eigenvalue weighted by Crippen LogP contribution is -2.69. The molecule has 6 rings (SSSR count). The predicted molar refractivity (Wildman–Crippen MR) is 129 cm³/mol. The number of aliphatic hydroxyl groups excluding tert-OH is 1. The Morgan fingerprint density at radius 3 is 2.44 bits per heavy atom. The molecule has 2 aliphatic heterocycles. The standard InChI is InChI=1S/C28H37FO10/c1-25-6-5-14(30)7-17(25)19(29)8-15-16-9-18(21(23(32)34-3)24(33)35-4)28(26(16,2)10-20(31)22(15)25)27(38-13-39-28)11-36-12-37-27/h7,15-16,18-22,31H,5-6,8-13H2,1-4H3/t15-,16-,18+,19+,20-,22+,25-,26-,27?,28+/m0/s1. The number of methoxy groups -OCH3 is 2. The van der Waals surface area contributed by atoms with E-state index in [1.807, 2.05) is 13.8 Å². The van der Waals surface area contributed by atoms with Crippen LogP contribution in [-0.2, 0) is 42.8 Å². The summed E-state index contributed by atoms with van der Waals surface area (Å²) < 4.78 is 50.4. The smallest absolute Gasteiger partial charge is 0.320 e. The molecule has 4 aliphatic carbocycles. The lowest BCUT2D eigenvalue weighted by molar-refractivity contribution is -0.272. The SMILES string of the molecule is COC(=O)C(C(=O)OC)[C@H]1C[C@H]2[C@@H]3C[C@@H](F)C4=CC(=O)CC[C@]4(C)[C@H]3[C@@H](O)C[C@]2(C)[C@]12OCOC21COCO1. The Kier molecular flexibility index (Phi) is 6.32. The van der Waals surface area contributed by atoms with Gasteiger partial charge in [0.25, 0.3) is 0 Å². The fraction of sp³-hybridized carbons (Fsp3) is 0.821. The van der Waals surface area contributed by atoms with E-state index in [2.05, 4.69) is 0 Å². The third-order valence-electron chi connectivity index (χ3n) is 11.3. The molecule has 0 aromatic carbocycles. The molecule has 0 radical (unpaired) electrons. The highest BCUT2D eigenvalue weighted by Gasteiger charge is 2.82. The van der Waals surface area contributed by atoms with E-state index in [4.69, 9.17) is 28.4 Å². The first-order valence-electron chi connectivity index (χ1n) is 13.7. The van der Waals surface area contributed by atoms with E-state index >= 15 is 4.39 Å². The number of hydrogen-bond donors (Lipinski definition) is 1. The van der Waals surface area contributed by atoms with Gasteiger partial charge in [0.1, 0.15) is 18.4 Å². The first-order chi connectivity index (χ1) is 18.5. The van der Waals surface area contributed by atoms with E-state index in [9.17, 15) is 19.5 Å². The molecule has 0 aromatic rings. The maximum Gasteiger partial charge on any atom is 0.320 e. The van der Waals surface area contributed by atoms with Gasteiger partial charge in [0.05, 0.1) is 20.3 Å². The molecule has 11 heteroatoms. The normalized spacial score (nSPS) is 48.6. The van der Waals surface area contributed by atoms with E-state index in [1.165, 1.54) is 20.3 Å². The Bertz CT molecular complexity index is 1080. The summed E-state index contributed by atoms with van der Waals surface area (Å²) in [4.78, 5) is 38.6. The quantitative estimate of drug-likeness (QED) is 0.411. The summed E-state index contributed by atoms with van der Waals surface area (Å²) in [6, 6.07) is 0. The van der Waals surface area contributed by atoms with Crippen molar-refractivity contribution < 1.29 is 52.3 Å². The number of alkyl halides is 1. The van der Waals surface area contributed by atoms with E-state index in [0.717, 1.165) is 0 Å². The highest BCUT2D eigenvalue weighted by atomic mass is 19.1. The van der Waals surface area contributed by atoms with Crippen LogP contribution in [-0.4, -0.2) is 80.9 Å². The van der Waals surface area contributed by atoms with Gasteiger partial charge in [0.2, 0.25) is 5.79 Å². The summed E-state index contributed by atoms with van der Waals surface area (Å²) in [5.41, 5.74) is -2.52. The molecule has 10 nitrogen and oxygen atoms in total. The molecule has 2 saturated heterocycles. The monoisotopic (exact) mass is 552 g/mol. The van der Waals surface area contributed by atoms with E-state index < -0.39 is 58.3 Å². The number of hydrogen-bond acceptors (Lipinski definition) is 10. The first-order valence-corrected chi connectivity index (χ1v) is 13.7. The third-order valence-corrected chi connectivity index (χ3v) is 11.3. The van der Waals surface area contributed by atoms with Crippen molar-refractivity contribution in [2.75, 3.05) is 34.4 Å². The van der Waals surface area contributed by atoms with E-state index in [1.54, 1.807) is 0 Å². The molecule has 2 heterocycles. The summed E-state index contributed by atoms with van der Waals surface area (Å²) in [6.45, 7) is 3.69. The van der Waals surface area contributed by atoms with Crippen molar-refractivity contribution in [3.05, 3.63) is 11.6 Å². The molecule has 1 N–H and O–H groups in total. The summed E-state index contributed by atoms with van der Waals surface area (Å²) in [5, 5.41) is 11.9. The summed E-state index contributed by atoms with van der Waals surface area (Å²) in [7, 11) is 2.42. The van der Waals surface area contributed by atoms with Gasteiger partial charge in [0, 0.05) is 17.8 Å². The van der Waals surface area contributed by atoms with Gasteiger partial charge in [-0.2, -0.15) is 0 Å². The van der Waals surface area contributed by atoms with Crippen molar-refractivity contribution in [2.45, 2.75) is 69.6 Å². The maximum atomic E-state index is 16.0. The summed E-state index contributed by atoms with van der Waals surface area (Å²) in [6.07, 6.45) is 0.660. The fourth-order valence-corrected chi connectivity index (χ4v) is 9.89. The van der Waals surface area contributed by atoms with Crippen LogP contribution in [0.2, 0.25) is 0 Å². The van der Waals surface area contributed by atoms with Gasteiger partial charge in [-0.05, 0) is 60.5 Å². The van der Waals surface area contributed by atoms with Crippen LogP contribution in [0.15, 0.2) is 11.6 Å². The average molecular weight is 553 g/mol. The van der Waals surface area contributed by atoms with Crippen LogP contribution in [0.1, 0.15) is 46.0 Å². The topological polar surface area (TPSA) is 127 Å². The molecule has 2 spiro atoms. The number of ketones is 1. The van der Waals surface area contributed by atoms with Crippen LogP contribution < -0.4 is 0 Å². The highest BCUT2D eigenvalue weighted by Crippen LogP contribution is 2.74. The zero-order valence-corrected chi connectivity index (χ0v) is 22.8. The summed E-state index contributed by atoms with van der Waals surface area (Å²) >= 11 is 0. The second kappa shape index (κ2) is 9.04. The van der Waals surface area contributed by atoms with Crippen LogP contribution in [0, 0.1) is 40.4 Å². The number of aliphatic hydroxyl groups is 1. The van der Waals surface area contributed by atoms with Crippen LogP contribution in [0.25, 0.3) is 0 Å². The molecule has 1 unspecified atom stereocenters. The van der Waals surface area contributed by atoms with Gasteiger partial charge >= 0.3 is 11.9 Å². The molecule has 10 atom stereocenters. The number of allylic oxidation sites excluding steroid dienone is 1. The van der Waals surface area contributed by atoms with E-state index in [0.29, 0.717) is 24.8 Å². The van der Waals surface area contributed by atoms with Crippen LogP contribution in [0.3, 0.4) is 0 Å². The molecule has 0 aromatic heterocycles. The Labute approximate surface area is 226 Å². The minimum absolute atomic E-state index is 0.00349. The van der Waals surface area contributed by atoms with Gasteiger partial charge < -0.3 is 33.5 Å². The van der Waals surface area contributed by atoms with Crippen molar-refractivity contribution in [2.24, 2.45) is 40.4 Å². The first kappa shape index (κ1) is 27.3. The molecule has 216 valence electrons. The van der Waals surface area contributed by atoms with Gasteiger partial charge in [-0.3, -0.25) is 14.4 Å². The lowest BCUT2D eigenvalue weighted by atomic mass is 9.44. The Hall–Kier alpha value is -1.92. The second-order valence-electron chi connectivity index (χ2n) is 12.5. The lowest BCUT2D eigenvalue weighted by Gasteiger charge is -2.62. The molecule has 3 saturated carbocycles. The van der Waals surface area contributed by atoms with Crippen molar-refractivity contribution in [1.29, 1.82) is 0 Å². The Morgan fingerprint density at radius 1 is 1.10 bits per heavy atom. The number of halogens is 1. The maximum absolute atomic E-state index is 16.0. The van der Waals surface area contributed by atoms with Gasteiger partial charge in [-0.15, -0.1) is 0 Å². The molecule has 0 amide bonds. The second-order valence-corrected chi connectivity index (χ2v) is 12.5. The largest absolute Gasteiger partial charge is 0.468 e. The molecular formula is C28H37FO10. The van der Waals surface area contributed by atoms with Crippen LogP contribution in [0.5, 0.6) is 0 Å². The molecular weight excluding hydrogens is 515 g/mol.